The summed E-state index contributed by atoms with van der Waals surface area (Å²) in [5.41, 5.74) is -1.22. The molecule has 0 aliphatic rings. The van der Waals surface area contributed by atoms with Crippen molar-refractivity contribution in [2.45, 2.75) is 18.0 Å². The van der Waals surface area contributed by atoms with Crippen LogP contribution in [0.2, 0.25) is 10.0 Å². The van der Waals surface area contributed by atoms with E-state index in [1.807, 2.05) is 0 Å². The second-order valence-electron chi connectivity index (χ2n) is 6.12. The first-order valence-corrected chi connectivity index (χ1v) is 10.4. The number of amides is 1. The maximum atomic E-state index is 13.6. The predicted molar refractivity (Wildman–Crippen MR) is 102 cm³/mol. The molecule has 3 rings (SSSR count). The summed E-state index contributed by atoms with van der Waals surface area (Å²) < 4.78 is 79.0. The molecule has 0 aliphatic heterocycles. The Balaban J connectivity index is 1.87. The van der Waals surface area contributed by atoms with Gasteiger partial charge in [0.15, 0.2) is 11.5 Å². The minimum atomic E-state index is -4.65. The van der Waals surface area contributed by atoms with Gasteiger partial charge >= 0.3 is 6.18 Å². The predicted octanol–water partition coefficient (Wildman–Crippen LogP) is 4.16. The zero-order valence-electron chi connectivity index (χ0n) is 15.2. The number of hydrogen-bond acceptors (Lipinski definition) is 5. The highest BCUT2D eigenvalue weighted by molar-refractivity contribution is 7.90. The molecule has 7 nitrogen and oxygen atoms in total. The first kappa shape index (κ1) is 23.0. The highest BCUT2D eigenvalue weighted by atomic mass is 35.5. The number of carbonyl (C=O) groups is 1. The number of halogens is 6. The zero-order valence-corrected chi connectivity index (χ0v) is 17.5. The number of alkyl halides is 3. The molecule has 0 radical (unpaired) electrons. The molecule has 2 aromatic carbocycles. The van der Waals surface area contributed by atoms with E-state index in [1.54, 1.807) is 4.72 Å². The number of benzene rings is 2. The highest BCUT2D eigenvalue weighted by Crippen LogP contribution is 2.30. The summed E-state index contributed by atoms with van der Waals surface area (Å²) in [7, 11) is -4.50. The third-order valence-electron chi connectivity index (χ3n) is 4.04. The first-order chi connectivity index (χ1) is 14.3. The van der Waals surface area contributed by atoms with Crippen LogP contribution < -0.4 is 4.72 Å². The van der Waals surface area contributed by atoms with Crippen LogP contribution in [0.25, 0.3) is 5.69 Å². The fourth-order valence-electron chi connectivity index (χ4n) is 2.50. The monoisotopic (exact) mass is 496 g/mol. The summed E-state index contributed by atoms with van der Waals surface area (Å²) in [4.78, 5) is 11.9. The molecule has 3 aromatic rings. The maximum absolute atomic E-state index is 13.6. The van der Waals surface area contributed by atoms with Crippen molar-refractivity contribution in [1.82, 2.24) is 19.7 Å². The fourth-order valence-corrected chi connectivity index (χ4v) is 3.93. The molecule has 0 spiro atoms. The van der Waals surface area contributed by atoms with E-state index in [4.69, 9.17) is 23.2 Å². The average Bonchev–Trinajstić information content (AvgIpc) is 3.06. The van der Waals surface area contributed by atoms with Crippen molar-refractivity contribution in [1.29, 1.82) is 0 Å². The van der Waals surface area contributed by atoms with Gasteiger partial charge < -0.3 is 0 Å². The third-order valence-corrected chi connectivity index (χ3v) is 5.94. The van der Waals surface area contributed by atoms with E-state index in [2.05, 4.69) is 10.3 Å². The molecule has 0 aliphatic carbocycles. The number of aromatic nitrogens is 3. The Labute approximate surface area is 182 Å². The van der Waals surface area contributed by atoms with Gasteiger partial charge in [-0.3, -0.25) is 4.79 Å². The zero-order chi connectivity index (χ0) is 23.1. The van der Waals surface area contributed by atoms with Crippen LogP contribution in [0.4, 0.5) is 17.6 Å². The number of sulfonamides is 1. The van der Waals surface area contributed by atoms with E-state index in [-0.39, 0.29) is 21.4 Å². The number of carbonyl (C=O) groups excluding carboxylic acids is 1. The topological polar surface area (TPSA) is 93.9 Å². The number of rotatable bonds is 4. The summed E-state index contributed by atoms with van der Waals surface area (Å²) in [5.74, 6) is -2.03. The van der Waals surface area contributed by atoms with Crippen molar-refractivity contribution in [2.75, 3.05) is 0 Å². The summed E-state index contributed by atoms with van der Waals surface area (Å²) >= 11 is 11.5. The molecular weight excluding hydrogens is 487 g/mol. The molecular formula is C17H10Cl2F4N4O3S. The van der Waals surface area contributed by atoms with Crippen LogP contribution in [-0.2, 0) is 16.2 Å². The minimum Gasteiger partial charge on any atom is -0.266 e. The van der Waals surface area contributed by atoms with E-state index >= 15 is 0 Å². The highest BCUT2D eigenvalue weighted by Gasteiger charge is 2.31. The van der Waals surface area contributed by atoms with Gasteiger partial charge in [0.2, 0.25) is 0 Å². The molecule has 0 atom stereocenters. The van der Waals surface area contributed by atoms with E-state index in [1.165, 1.54) is 19.1 Å². The Morgan fingerprint density at radius 2 is 1.65 bits per heavy atom. The lowest BCUT2D eigenvalue weighted by Crippen LogP contribution is -2.31. The van der Waals surface area contributed by atoms with Crippen LogP contribution in [0.15, 0.2) is 41.3 Å². The number of nitrogens with zero attached hydrogens (tertiary/aromatic N) is 3. The summed E-state index contributed by atoms with van der Waals surface area (Å²) in [6.45, 7) is 1.38. The van der Waals surface area contributed by atoms with Crippen LogP contribution in [0.3, 0.4) is 0 Å². The van der Waals surface area contributed by atoms with Crippen molar-refractivity contribution in [3.8, 4) is 5.69 Å². The Morgan fingerprint density at radius 1 is 1.10 bits per heavy atom. The molecule has 31 heavy (non-hydrogen) atoms. The van der Waals surface area contributed by atoms with E-state index in [0.717, 1.165) is 4.68 Å². The summed E-state index contributed by atoms with van der Waals surface area (Å²) in [6, 6.07) is 4.91. The van der Waals surface area contributed by atoms with Gasteiger partial charge in [-0.1, -0.05) is 28.4 Å². The lowest BCUT2D eigenvalue weighted by Gasteiger charge is -2.09. The van der Waals surface area contributed by atoms with Gasteiger partial charge in [-0.15, -0.1) is 5.10 Å². The standard InChI is InChI=1S/C17H10Cl2F4N4O3S/c1-8-15(24-26-27(8)10-6-12(18)14(20)13(19)7-10)16(28)25-31(29,30)11-4-2-9(3-5-11)17(21,22)23/h2-7H,1H3,(H,25,28). The van der Waals surface area contributed by atoms with E-state index in [0.29, 0.717) is 24.3 Å². The fraction of sp³-hybridized carbons (Fsp3) is 0.118. The van der Waals surface area contributed by atoms with Crippen molar-refractivity contribution in [3.63, 3.8) is 0 Å². The van der Waals surface area contributed by atoms with Gasteiger partial charge in [-0.05, 0) is 43.3 Å². The van der Waals surface area contributed by atoms with Crippen LogP contribution in [0, 0.1) is 12.7 Å². The molecule has 0 saturated heterocycles. The second kappa shape index (κ2) is 8.09. The Hall–Kier alpha value is -2.70. The SMILES string of the molecule is Cc1c(C(=O)NS(=O)(=O)c2ccc(C(F)(F)F)cc2)nnn1-c1cc(Cl)c(F)c(Cl)c1. The number of hydrogen-bond donors (Lipinski definition) is 1. The van der Waals surface area contributed by atoms with Crippen molar-refractivity contribution < 1.29 is 30.8 Å². The van der Waals surface area contributed by atoms with E-state index < -0.39 is 44.1 Å². The van der Waals surface area contributed by atoms with Crippen molar-refractivity contribution in [2.24, 2.45) is 0 Å². The van der Waals surface area contributed by atoms with Gasteiger partial charge in [-0.2, -0.15) is 13.2 Å². The summed E-state index contributed by atoms with van der Waals surface area (Å²) in [6.07, 6.45) is -4.65. The normalized spacial score (nSPS) is 12.1. The van der Waals surface area contributed by atoms with Crippen LogP contribution in [-0.4, -0.2) is 29.3 Å². The van der Waals surface area contributed by atoms with E-state index in [9.17, 15) is 30.8 Å². The Bertz CT molecular complexity index is 1250. The molecule has 1 heterocycles. The Kier molecular flexibility index (Phi) is 6.00. The van der Waals surface area contributed by atoms with Crippen LogP contribution in [0.1, 0.15) is 21.7 Å². The summed E-state index contributed by atoms with van der Waals surface area (Å²) in [5, 5.41) is 6.69. The molecule has 1 amide bonds. The average molecular weight is 497 g/mol. The van der Waals surface area contributed by atoms with Gasteiger partial charge in [0.25, 0.3) is 15.9 Å². The van der Waals surface area contributed by atoms with Crippen LogP contribution in [0.5, 0.6) is 0 Å². The molecule has 1 N–H and O–H groups in total. The van der Waals surface area contributed by atoms with Crippen molar-refractivity contribution in [3.05, 3.63) is 69.2 Å². The minimum absolute atomic E-state index is 0.0684. The second-order valence-corrected chi connectivity index (χ2v) is 8.61. The molecule has 1 aromatic heterocycles. The number of nitrogens with one attached hydrogen (secondary N) is 1. The van der Waals surface area contributed by atoms with Gasteiger partial charge in [0.05, 0.1) is 31.9 Å². The molecule has 0 saturated carbocycles. The lowest BCUT2D eigenvalue weighted by atomic mass is 10.2. The third kappa shape index (κ3) is 4.65. The van der Waals surface area contributed by atoms with Crippen molar-refractivity contribution >= 4 is 39.1 Å². The van der Waals surface area contributed by atoms with Gasteiger partial charge in [-0.25, -0.2) is 22.2 Å². The maximum Gasteiger partial charge on any atom is 0.416 e. The molecule has 0 unspecified atom stereocenters. The lowest BCUT2D eigenvalue weighted by molar-refractivity contribution is -0.137. The molecule has 14 heteroatoms. The molecule has 0 bridgehead atoms. The largest absolute Gasteiger partial charge is 0.416 e. The van der Waals surface area contributed by atoms with Gasteiger partial charge in [0, 0.05) is 0 Å². The quantitative estimate of drug-likeness (QED) is 0.432. The van der Waals surface area contributed by atoms with Gasteiger partial charge in [0.1, 0.15) is 0 Å². The Morgan fingerprint density at radius 3 is 2.16 bits per heavy atom. The smallest absolute Gasteiger partial charge is 0.266 e. The molecule has 164 valence electrons. The molecule has 0 fully saturated rings. The first-order valence-electron chi connectivity index (χ1n) is 8.13. The van der Waals surface area contributed by atoms with Crippen LogP contribution >= 0.6 is 23.2 Å².